The lowest BCUT2D eigenvalue weighted by Crippen LogP contribution is -2.40. The van der Waals surface area contributed by atoms with E-state index in [1.807, 2.05) is 30.5 Å². The van der Waals surface area contributed by atoms with E-state index in [1.165, 1.54) is 0 Å². The van der Waals surface area contributed by atoms with Crippen molar-refractivity contribution in [2.45, 2.75) is 39.9 Å². The minimum Gasteiger partial charge on any atom is -0.409 e. The molecule has 0 aliphatic carbocycles. The van der Waals surface area contributed by atoms with Crippen molar-refractivity contribution >= 4 is 21.8 Å². The number of likely N-dealkylation sites (N-methyl/N-ethyl adjacent to an activating group) is 1. The van der Waals surface area contributed by atoms with Crippen molar-refractivity contribution in [3.63, 3.8) is 0 Å². The van der Waals surface area contributed by atoms with E-state index in [1.54, 1.807) is 0 Å². The number of amidine groups is 1. The van der Waals surface area contributed by atoms with Crippen molar-refractivity contribution in [1.29, 1.82) is 0 Å². The van der Waals surface area contributed by atoms with Crippen LogP contribution in [0.5, 0.6) is 0 Å². The van der Waals surface area contributed by atoms with E-state index in [9.17, 15) is 0 Å². The monoisotopic (exact) mass is 317 g/mol. The van der Waals surface area contributed by atoms with Gasteiger partial charge in [-0.05, 0) is 43.7 Å². The molecule has 1 heterocycles. The third kappa shape index (κ3) is 3.02. The fourth-order valence-corrected chi connectivity index (χ4v) is 2.11. The molecule has 6 nitrogen and oxygen atoms in total. The summed E-state index contributed by atoms with van der Waals surface area (Å²) in [6.07, 6.45) is 0. The van der Waals surface area contributed by atoms with Crippen molar-refractivity contribution in [3.8, 4) is 0 Å². The van der Waals surface area contributed by atoms with E-state index in [0.29, 0.717) is 6.54 Å². The second kappa shape index (κ2) is 6.19. The van der Waals surface area contributed by atoms with Gasteiger partial charge in [0.2, 0.25) is 0 Å². The van der Waals surface area contributed by atoms with Gasteiger partial charge in [-0.3, -0.25) is 9.58 Å². The summed E-state index contributed by atoms with van der Waals surface area (Å²) in [5.41, 5.74) is 7.67. The van der Waals surface area contributed by atoms with Gasteiger partial charge in [0.25, 0.3) is 0 Å². The molecule has 0 aromatic carbocycles. The topological polar surface area (TPSA) is 79.7 Å². The fraction of sp³-hybridized carbons (Fsp3) is 0.636. The molecule has 18 heavy (non-hydrogen) atoms. The summed E-state index contributed by atoms with van der Waals surface area (Å²) in [7, 11) is 1.93. The zero-order chi connectivity index (χ0) is 13.9. The third-order valence-corrected chi connectivity index (χ3v) is 4.09. The smallest absolute Gasteiger partial charge is 0.156 e. The summed E-state index contributed by atoms with van der Waals surface area (Å²) in [6.45, 7) is 7.39. The Morgan fingerprint density at radius 2 is 2.28 bits per heavy atom. The van der Waals surface area contributed by atoms with Gasteiger partial charge in [0.1, 0.15) is 0 Å². The van der Waals surface area contributed by atoms with Crippen LogP contribution in [0.2, 0.25) is 0 Å². The molecule has 0 aliphatic heterocycles. The van der Waals surface area contributed by atoms with E-state index in [4.69, 9.17) is 10.9 Å². The van der Waals surface area contributed by atoms with Crippen molar-refractivity contribution in [3.05, 3.63) is 15.9 Å². The van der Waals surface area contributed by atoms with Crippen molar-refractivity contribution in [1.82, 2.24) is 14.7 Å². The van der Waals surface area contributed by atoms with Gasteiger partial charge >= 0.3 is 0 Å². The first kappa shape index (κ1) is 15.0. The van der Waals surface area contributed by atoms with Gasteiger partial charge in [0.05, 0.1) is 21.9 Å². The first-order chi connectivity index (χ1) is 8.42. The molecule has 1 aromatic rings. The van der Waals surface area contributed by atoms with Crippen LogP contribution < -0.4 is 5.73 Å². The maximum Gasteiger partial charge on any atom is 0.156 e. The maximum absolute atomic E-state index is 8.69. The molecule has 1 aromatic heterocycles. The molecule has 0 fully saturated rings. The summed E-state index contributed by atoms with van der Waals surface area (Å²) in [4.78, 5) is 2.00. The average Bonchev–Trinajstić information content (AvgIpc) is 2.64. The Bertz CT molecular complexity index is 443. The highest BCUT2D eigenvalue weighted by Gasteiger charge is 2.19. The summed E-state index contributed by atoms with van der Waals surface area (Å²) in [5.74, 6) is 0.202. The molecule has 0 saturated heterocycles. The molecule has 0 amide bonds. The highest BCUT2D eigenvalue weighted by molar-refractivity contribution is 9.10. The normalized spacial score (nSPS) is 14.2. The SMILES string of the molecule is CCn1nc(C)c(Br)c1CN(C)C(C)C(N)=NO. The highest BCUT2D eigenvalue weighted by Crippen LogP contribution is 2.22. The first-order valence-electron chi connectivity index (χ1n) is 5.81. The third-order valence-electron chi connectivity index (χ3n) is 3.06. The summed E-state index contributed by atoms with van der Waals surface area (Å²) >= 11 is 3.55. The molecular formula is C11H20BrN5O. The Morgan fingerprint density at radius 1 is 1.67 bits per heavy atom. The van der Waals surface area contributed by atoms with Crippen molar-refractivity contribution in [2.24, 2.45) is 10.9 Å². The van der Waals surface area contributed by atoms with Gasteiger partial charge in [-0.25, -0.2) is 0 Å². The fourth-order valence-electron chi connectivity index (χ4n) is 1.70. The Kier molecular flexibility index (Phi) is 5.15. The zero-order valence-electron chi connectivity index (χ0n) is 11.2. The first-order valence-corrected chi connectivity index (χ1v) is 6.61. The number of aryl methyl sites for hydroxylation is 2. The summed E-state index contributed by atoms with van der Waals surface area (Å²) in [6, 6.07) is -0.137. The minimum atomic E-state index is -0.137. The lowest BCUT2D eigenvalue weighted by atomic mass is 10.2. The lowest BCUT2D eigenvalue weighted by molar-refractivity contribution is 0.273. The van der Waals surface area contributed by atoms with Crippen LogP contribution in [0.25, 0.3) is 0 Å². The summed E-state index contributed by atoms with van der Waals surface area (Å²) < 4.78 is 2.97. The molecule has 0 spiro atoms. The summed E-state index contributed by atoms with van der Waals surface area (Å²) in [5, 5.41) is 16.2. The molecular weight excluding hydrogens is 298 g/mol. The van der Waals surface area contributed by atoms with E-state index >= 15 is 0 Å². The second-order valence-electron chi connectivity index (χ2n) is 4.28. The van der Waals surface area contributed by atoms with Crippen LogP contribution in [-0.2, 0) is 13.1 Å². The van der Waals surface area contributed by atoms with Gasteiger partial charge in [0, 0.05) is 13.1 Å². The molecule has 0 radical (unpaired) electrons. The number of nitrogens with zero attached hydrogens (tertiary/aromatic N) is 4. The Labute approximate surface area is 116 Å². The van der Waals surface area contributed by atoms with Crippen LogP contribution in [0.15, 0.2) is 9.63 Å². The van der Waals surface area contributed by atoms with Crippen LogP contribution in [-0.4, -0.2) is 38.8 Å². The molecule has 1 atom stereocenters. The Hall–Kier alpha value is -1.08. The maximum atomic E-state index is 8.69. The standard InChI is InChI=1S/C11H20BrN5O/c1-5-17-9(10(12)7(2)14-17)6-16(4)8(3)11(13)15-18/h8,18H,5-6H2,1-4H3,(H2,13,15). The average molecular weight is 318 g/mol. The number of nitrogens with two attached hydrogens (primary N) is 1. The van der Waals surface area contributed by atoms with E-state index < -0.39 is 0 Å². The van der Waals surface area contributed by atoms with Crippen LogP contribution in [0.4, 0.5) is 0 Å². The van der Waals surface area contributed by atoms with Crippen LogP contribution in [0.1, 0.15) is 25.2 Å². The minimum absolute atomic E-state index is 0.137. The van der Waals surface area contributed by atoms with E-state index in [2.05, 4.69) is 33.1 Å². The molecule has 1 unspecified atom stereocenters. The van der Waals surface area contributed by atoms with Gasteiger partial charge in [-0.15, -0.1) is 0 Å². The van der Waals surface area contributed by atoms with Gasteiger partial charge < -0.3 is 10.9 Å². The Balaban J connectivity index is 2.91. The van der Waals surface area contributed by atoms with E-state index in [0.717, 1.165) is 22.4 Å². The molecule has 7 heteroatoms. The molecule has 0 aliphatic rings. The number of hydrogen-bond donors (Lipinski definition) is 2. The van der Waals surface area contributed by atoms with Crippen LogP contribution in [0.3, 0.4) is 0 Å². The lowest BCUT2D eigenvalue weighted by Gasteiger charge is -2.23. The molecule has 102 valence electrons. The number of halogens is 1. The van der Waals surface area contributed by atoms with E-state index in [-0.39, 0.29) is 11.9 Å². The quantitative estimate of drug-likeness (QED) is 0.373. The molecule has 0 saturated carbocycles. The number of aromatic nitrogens is 2. The molecule has 3 N–H and O–H groups in total. The number of rotatable bonds is 5. The highest BCUT2D eigenvalue weighted by atomic mass is 79.9. The zero-order valence-corrected chi connectivity index (χ0v) is 12.8. The second-order valence-corrected chi connectivity index (χ2v) is 5.07. The van der Waals surface area contributed by atoms with Crippen LogP contribution >= 0.6 is 15.9 Å². The number of hydrogen-bond acceptors (Lipinski definition) is 4. The number of oxime groups is 1. The van der Waals surface area contributed by atoms with Crippen molar-refractivity contribution < 1.29 is 5.21 Å². The van der Waals surface area contributed by atoms with Crippen LogP contribution in [0, 0.1) is 6.92 Å². The largest absolute Gasteiger partial charge is 0.409 e. The van der Waals surface area contributed by atoms with Gasteiger partial charge in [-0.1, -0.05) is 5.16 Å². The molecule has 1 rings (SSSR count). The van der Waals surface area contributed by atoms with Crippen molar-refractivity contribution in [2.75, 3.05) is 7.05 Å². The predicted molar refractivity (Wildman–Crippen MR) is 74.7 cm³/mol. The molecule has 0 bridgehead atoms. The van der Waals surface area contributed by atoms with Gasteiger partial charge in [0.15, 0.2) is 5.84 Å². The van der Waals surface area contributed by atoms with Gasteiger partial charge in [-0.2, -0.15) is 5.10 Å². The predicted octanol–water partition coefficient (Wildman–Crippen LogP) is 1.54. The Morgan fingerprint density at radius 3 is 2.78 bits per heavy atom.